The van der Waals surface area contributed by atoms with Crippen molar-refractivity contribution in [1.82, 2.24) is 0 Å². The van der Waals surface area contributed by atoms with Gasteiger partial charge in [0.05, 0.1) is 24.3 Å². The van der Waals surface area contributed by atoms with Crippen LogP contribution in [0.3, 0.4) is 0 Å². The van der Waals surface area contributed by atoms with Crippen molar-refractivity contribution in [1.29, 1.82) is 0 Å². The van der Waals surface area contributed by atoms with Crippen LogP contribution in [0.25, 0.3) is 0 Å². The van der Waals surface area contributed by atoms with Crippen LogP contribution in [-0.2, 0) is 18.9 Å². The molecule has 1 aliphatic rings. The van der Waals surface area contributed by atoms with Gasteiger partial charge < -0.3 is 18.9 Å². The molecule has 0 bridgehead atoms. The summed E-state index contributed by atoms with van der Waals surface area (Å²) >= 11 is 0. The monoisotopic (exact) mass is 294 g/mol. The van der Waals surface area contributed by atoms with Crippen molar-refractivity contribution in [3.05, 3.63) is 35.4 Å². The minimum atomic E-state index is -0.575. The Morgan fingerprint density at radius 1 is 1.14 bits per heavy atom. The molecule has 2 rings (SSSR count). The molecule has 1 atom stereocenters. The molecule has 6 nitrogen and oxygen atoms in total. The highest BCUT2D eigenvalue weighted by atomic mass is 16.6. The van der Waals surface area contributed by atoms with Gasteiger partial charge in [-0.25, -0.2) is 9.59 Å². The quantitative estimate of drug-likeness (QED) is 0.430. The zero-order chi connectivity index (χ0) is 15.3. The molecule has 1 aromatic carbocycles. The molecule has 1 saturated heterocycles. The van der Waals surface area contributed by atoms with Crippen molar-refractivity contribution in [2.45, 2.75) is 12.5 Å². The summed E-state index contributed by atoms with van der Waals surface area (Å²) in [4.78, 5) is 24.0. The number of benzene rings is 1. The molecule has 1 heterocycles. The summed E-state index contributed by atoms with van der Waals surface area (Å²) in [6.45, 7) is 3.02. The van der Waals surface area contributed by atoms with E-state index in [-0.39, 0.29) is 29.9 Å². The Bertz CT molecular complexity index is 521. The van der Waals surface area contributed by atoms with Crippen molar-refractivity contribution >= 4 is 11.9 Å². The van der Waals surface area contributed by atoms with Crippen LogP contribution in [-0.4, -0.2) is 51.1 Å². The van der Waals surface area contributed by atoms with Crippen LogP contribution in [0.5, 0.6) is 0 Å². The average molecular weight is 294 g/mol. The van der Waals surface area contributed by atoms with Crippen LogP contribution in [0.4, 0.5) is 0 Å². The van der Waals surface area contributed by atoms with Gasteiger partial charge in [-0.05, 0) is 19.1 Å². The summed E-state index contributed by atoms with van der Waals surface area (Å²) < 4.78 is 20.1. The van der Waals surface area contributed by atoms with Crippen LogP contribution in [0.1, 0.15) is 27.6 Å². The van der Waals surface area contributed by atoms with E-state index in [2.05, 4.69) is 0 Å². The molecule has 0 aliphatic carbocycles. The lowest BCUT2D eigenvalue weighted by molar-refractivity contribution is 0.0354. The van der Waals surface area contributed by atoms with Crippen molar-refractivity contribution in [2.75, 3.05) is 33.5 Å². The molecule has 1 aliphatic heterocycles. The van der Waals surface area contributed by atoms with Crippen molar-refractivity contribution < 1.29 is 28.5 Å². The molecule has 0 N–H and O–H groups in total. The van der Waals surface area contributed by atoms with Crippen LogP contribution in [0, 0.1) is 0 Å². The first-order chi connectivity index (χ1) is 10.1. The fourth-order valence-electron chi connectivity index (χ4n) is 1.64. The molecular weight excluding hydrogens is 276 g/mol. The first-order valence-electron chi connectivity index (χ1n) is 6.62. The molecule has 0 amide bonds. The average Bonchev–Trinajstić information content (AvgIpc) is 3.23. The molecule has 0 saturated carbocycles. The van der Waals surface area contributed by atoms with E-state index in [4.69, 9.17) is 18.9 Å². The second-order valence-electron chi connectivity index (χ2n) is 4.99. The maximum absolute atomic E-state index is 12.1. The maximum Gasteiger partial charge on any atom is 0.339 e. The molecule has 21 heavy (non-hydrogen) atoms. The largest absolute Gasteiger partial charge is 0.460 e. The van der Waals surface area contributed by atoms with Crippen molar-refractivity contribution in [3.63, 3.8) is 0 Å². The molecular formula is C15H18O6. The molecule has 1 fully saturated rings. The fraction of sp³-hybridized carbons (Fsp3) is 0.467. The summed E-state index contributed by atoms with van der Waals surface area (Å²) in [5.41, 5.74) is -0.0199. The third kappa shape index (κ3) is 4.27. The summed E-state index contributed by atoms with van der Waals surface area (Å²) in [6.07, 6.45) is 0. The Hall–Kier alpha value is -1.92. The van der Waals surface area contributed by atoms with Gasteiger partial charge in [-0.2, -0.15) is 0 Å². The second kappa shape index (κ2) is 6.69. The maximum atomic E-state index is 12.1. The van der Waals surface area contributed by atoms with Crippen LogP contribution < -0.4 is 0 Å². The van der Waals surface area contributed by atoms with Gasteiger partial charge in [-0.1, -0.05) is 12.1 Å². The normalized spacial score (nSPS) is 19.9. The molecule has 6 heteroatoms. The summed E-state index contributed by atoms with van der Waals surface area (Å²) in [5, 5.41) is 0. The number of hydrogen-bond acceptors (Lipinski definition) is 6. The summed E-state index contributed by atoms with van der Waals surface area (Å²) in [6, 6.07) is 6.39. The van der Waals surface area contributed by atoms with E-state index < -0.39 is 11.9 Å². The lowest BCUT2D eigenvalue weighted by Crippen LogP contribution is -2.21. The number of methoxy groups -OCH3 is 1. The highest BCUT2D eigenvalue weighted by Gasteiger charge is 2.41. The molecule has 1 unspecified atom stereocenters. The van der Waals surface area contributed by atoms with E-state index >= 15 is 0 Å². The van der Waals surface area contributed by atoms with E-state index in [0.29, 0.717) is 13.2 Å². The zero-order valence-electron chi connectivity index (χ0n) is 12.1. The topological polar surface area (TPSA) is 74.4 Å². The molecule has 0 radical (unpaired) electrons. The number of hydrogen-bond donors (Lipinski definition) is 0. The molecule has 114 valence electrons. The Kier molecular flexibility index (Phi) is 4.93. The summed E-state index contributed by atoms with van der Waals surface area (Å²) in [7, 11) is 1.51. The van der Waals surface area contributed by atoms with Gasteiger partial charge in [0.25, 0.3) is 0 Å². The third-order valence-corrected chi connectivity index (χ3v) is 3.03. The van der Waals surface area contributed by atoms with E-state index in [1.54, 1.807) is 12.1 Å². The predicted molar refractivity (Wildman–Crippen MR) is 73.2 cm³/mol. The Morgan fingerprint density at radius 3 is 2.24 bits per heavy atom. The summed E-state index contributed by atoms with van der Waals surface area (Å²) in [5.74, 6) is -1.14. The Labute approximate surface area is 122 Å². The van der Waals surface area contributed by atoms with Gasteiger partial charge in [0.1, 0.15) is 18.8 Å². The van der Waals surface area contributed by atoms with Crippen LogP contribution >= 0.6 is 0 Å². The van der Waals surface area contributed by atoms with Gasteiger partial charge in [-0.3, -0.25) is 0 Å². The van der Waals surface area contributed by atoms with Crippen LogP contribution in [0.15, 0.2) is 24.3 Å². The van der Waals surface area contributed by atoms with Gasteiger partial charge in [0.15, 0.2) is 0 Å². The number of ether oxygens (including phenoxy) is 4. The Balaban J connectivity index is 2.01. The standard InChI is InChI=1S/C15H18O6/c1-15(10-21-15)9-20-14(17)12-6-4-3-5-11(12)13(16)19-8-7-18-2/h3-6H,7-10H2,1-2H3. The van der Waals surface area contributed by atoms with Gasteiger partial charge in [0.2, 0.25) is 0 Å². The highest BCUT2D eigenvalue weighted by Crippen LogP contribution is 2.26. The lowest BCUT2D eigenvalue weighted by atomic mass is 10.1. The molecule has 0 spiro atoms. The van der Waals surface area contributed by atoms with E-state index in [0.717, 1.165) is 0 Å². The second-order valence-corrected chi connectivity index (χ2v) is 4.99. The minimum absolute atomic E-state index is 0.130. The SMILES string of the molecule is COCCOC(=O)c1ccccc1C(=O)OCC1(C)CO1. The van der Waals surface area contributed by atoms with E-state index in [1.165, 1.54) is 19.2 Å². The predicted octanol–water partition coefficient (Wildman–Crippen LogP) is 1.44. The van der Waals surface area contributed by atoms with E-state index in [1.807, 2.05) is 6.92 Å². The minimum Gasteiger partial charge on any atom is -0.460 e. The van der Waals surface area contributed by atoms with Crippen LogP contribution in [0.2, 0.25) is 0 Å². The Morgan fingerprint density at radius 2 is 1.71 bits per heavy atom. The van der Waals surface area contributed by atoms with Gasteiger partial charge in [0, 0.05) is 7.11 Å². The smallest absolute Gasteiger partial charge is 0.339 e. The highest BCUT2D eigenvalue weighted by molar-refractivity contribution is 6.03. The zero-order valence-corrected chi connectivity index (χ0v) is 12.1. The lowest BCUT2D eigenvalue weighted by Gasteiger charge is -2.10. The van der Waals surface area contributed by atoms with E-state index in [9.17, 15) is 9.59 Å². The number of rotatable bonds is 7. The number of esters is 2. The fourth-order valence-corrected chi connectivity index (χ4v) is 1.64. The molecule has 0 aromatic heterocycles. The van der Waals surface area contributed by atoms with Gasteiger partial charge in [-0.15, -0.1) is 0 Å². The first-order valence-corrected chi connectivity index (χ1v) is 6.62. The number of epoxide rings is 1. The first kappa shape index (κ1) is 15.5. The number of carbonyl (C=O) groups is 2. The third-order valence-electron chi connectivity index (χ3n) is 3.03. The van der Waals surface area contributed by atoms with Crippen molar-refractivity contribution in [2.24, 2.45) is 0 Å². The van der Waals surface area contributed by atoms with Crippen molar-refractivity contribution in [3.8, 4) is 0 Å². The number of carbonyl (C=O) groups excluding carboxylic acids is 2. The van der Waals surface area contributed by atoms with Gasteiger partial charge >= 0.3 is 11.9 Å². The molecule has 1 aromatic rings.